The molecule has 0 saturated carbocycles. The van der Waals surface area contributed by atoms with E-state index in [9.17, 15) is 47.4 Å². The largest absolute Gasteiger partial charge is 0.358 e. The minimum Gasteiger partial charge on any atom is -0.358 e. The molecule has 0 aliphatic carbocycles. The average molecular weight is 1700 g/mol. The number of aromatic nitrogens is 12. The molecule has 606 valence electrons. The molecule has 7 aromatic heterocycles. The highest BCUT2D eigenvalue weighted by atomic mass is 14.9. The van der Waals surface area contributed by atoms with Gasteiger partial charge in [0.25, 0.3) is 0 Å². The molecule has 24 heteroatoms. The first kappa shape index (κ1) is 79.9. The molecule has 0 atom stereocenters. The van der Waals surface area contributed by atoms with E-state index in [0.29, 0.717) is 77.2 Å². The molecule has 25 aromatic rings. The molecule has 0 aliphatic heterocycles. The monoisotopic (exact) mass is 1700 g/mol. The van der Waals surface area contributed by atoms with Crippen molar-refractivity contribution in [3.8, 4) is 54.6 Å². The minimum absolute atomic E-state index is 0.00783. The fourth-order valence-electron chi connectivity index (χ4n) is 18.2. The summed E-state index contributed by atoms with van der Waals surface area (Å²) in [5, 5.41) is 112. The fourth-order valence-corrected chi connectivity index (χ4v) is 18.2. The van der Waals surface area contributed by atoms with Crippen molar-refractivity contribution in [2.75, 3.05) is 0 Å². The van der Waals surface area contributed by atoms with Gasteiger partial charge in [0.05, 0.1) is 46.3 Å². The lowest BCUT2D eigenvalue weighted by atomic mass is 9.89. The molecule has 134 heavy (non-hydrogen) atoms. The maximum atomic E-state index is 9.51. The second-order valence-electron chi connectivity index (χ2n) is 30.8. The Kier molecular flexibility index (Phi) is 19.5. The smallest absolute Gasteiger partial charge is 0.307 e. The van der Waals surface area contributed by atoms with Gasteiger partial charge in [0, 0.05) is 73.3 Å². The van der Waals surface area contributed by atoms with E-state index in [0.717, 1.165) is 140 Å². The lowest BCUT2D eigenvalue weighted by Gasteiger charge is -2.13. The number of hydrogen-bond acceptors (Lipinski definition) is 21. The van der Waals surface area contributed by atoms with Crippen molar-refractivity contribution in [3.05, 3.63) is 365 Å². The quantitative estimate of drug-likeness (QED) is 0.100. The normalized spacial score (nSPS) is 10.9. The first-order valence-corrected chi connectivity index (χ1v) is 41.2. The fraction of sp³-hybridized carbons (Fsp3) is 0. The minimum atomic E-state index is -0.0792. The Labute approximate surface area is 756 Å². The van der Waals surface area contributed by atoms with Crippen LogP contribution in [0.15, 0.2) is 280 Å². The summed E-state index contributed by atoms with van der Waals surface area (Å²) >= 11 is 0. The molecule has 0 N–H and O–H groups in total. The summed E-state index contributed by atoms with van der Waals surface area (Å²) in [4.78, 5) is 64.1. The van der Waals surface area contributed by atoms with E-state index < -0.39 is 0 Å². The van der Waals surface area contributed by atoms with Crippen molar-refractivity contribution in [1.29, 1.82) is 47.4 Å². The van der Waals surface area contributed by atoms with Crippen LogP contribution in [0, 0.1) is 122 Å². The van der Waals surface area contributed by atoms with Crippen molar-refractivity contribution >= 4 is 234 Å². The summed E-state index contributed by atoms with van der Waals surface area (Å²) in [5.41, 5.74) is 8.50. The van der Waals surface area contributed by atoms with Gasteiger partial charge in [-0.3, -0.25) is 29.6 Å². The summed E-state index contributed by atoms with van der Waals surface area (Å²) < 4.78 is 0. The zero-order valence-electron chi connectivity index (χ0n) is 69.3. The molecule has 0 radical (unpaired) electrons. The maximum absolute atomic E-state index is 9.51. The highest BCUT2D eigenvalue weighted by Crippen LogP contribution is 2.47. The predicted octanol–water partition coefficient (Wildman–Crippen LogP) is 24.7. The van der Waals surface area contributed by atoms with Crippen LogP contribution in [0.25, 0.3) is 232 Å². The summed E-state index contributed by atoms with van der Waals surface area (Å²) in [6.45, 7) is 22.3. The molecular formula is C110H46N24. The van der Waals surface area contributed by atoms with Gasteiger partial charge in [0.15, 0.2) is 56.7 Å². The zero-order chi connectivity index (χ0) is 91.5. The third-order valence-corrected chi connectivity index (χ3v) is 23.9. The van der Waals surface area contributed by atoms with Crippen LogP contribution >= 0.6 is 0 Å². The second kappa shape index (κ2) is 32.7. The SMILES string of the molecule is N#Cc1cc2c3ccccc3c3ccc4ccccc4c3c2cc1C#N.N#Cc1nc2c3cccnc3c3ccc4ccccc4c3c2nc1C#N.N#Cc1nc2c3ncccc3c3ccc4ccccc4c3c2nc1C#N.N#Cc1nc2c3nccnc3c3ccc4ccccc4c3c2nc1C#N.[C-]#[N+]c1cc2c(cc1[N+]#[C-])c1nc([N+]#[C-])c(C#N)nc1c1c3ccccc3ccc21. The molecular weight excluding hydrogens is 1660 g/mol. The first-order valence-electron chi connectivity index (χ1n) is 41.2. The van der Waals surface area contributed by atoms with E-state index in [1.165, 1.54) is 10.8 Å². The number of pyridine rings is 2. The van der Waals surface area contributed by atoms with E-state index >= 15 is 0 Å². The van der Waals surface area contributed by atoms with Crippen molar-refractivity contribution < 1.29 is 0 Å². The Bertz CT molecular complexity index is 9330. The molecule has 7 heterocycles. The number of fused-ring (bicyclic) bond motifs is 40. The number of nitrogens with zero attached hydrogens (tertiary/aromatic N) is 24. The van der Waals surface area contributed by atoms with Gasteiger partial charge in [-0.15, -0.1) is 4.98 Å². The summed E-state index contributed by atoms with van der Waals surface area (Å²) in [6.07, 6.45) is 6.65. The summed E-state index contributed by atoms with van der Waals surface area (Å²) in [5.74, 6) is -0.0792. The highest BCUT2D eigenvalue weighted by molar-refractivity contribution is 6.35. The van der Waals surface area contributed by atoms with E-state index in [-0.39, 0.29) is 57.1 Å². The van der Waals surface area contributed by atoms with Crippen LogP contribution in [-0.2, 0) is 0 Å². The lowest BCUT2D eigenvalue weighted by Crippen LogP contribution is -1.99. The van der Waals surface area contributed by atoms with Gasteiger partial charge < -0.3 is 4.85 Å². The van der Waals surface area contributed by atoms with Crippen molar-refractivity contribution in [2.45, 2.75) is 0 Å². The van der Waals surface area contributed by atoms with E-state index in [1.807, 2.05) is 237 Å². The number of hydrogen-bond donors (Lipinski definition) is 0. The topological polar surface area (TPSA) is 382 Å². The molecule has 0 unspecified atom stereocenters. The Balaban J connectivity index is 0.000000101. The van der Waals surface area contributed by atoms with Crippen molar-refractivity contribution in [3.63, 3.8) is 0 Å². The molecule has 0 aliphatic rings. The van der Waals surface area contributed by atoms with E-state index in [1.54, 1.807) is 36.9 Å². The van der Waals surface area contributed by atoms with Gasteiger partial charge in [-0.2, -0.15) is 47.4 Å². The second-order valence-corrected chi connectivity index (χ2v) is 30.8. The Morgan fingerprint density at radius 3 is 0.933 bits per heavy atom. The predicted molar refractivity (Wildman–Crippen MR) is 517 cm³/mol. The molecule has 18 aromatic carbocycles. The molecule has 0 amide bonds. The van der Waals surface area contributed by atoms with Gasteiger partial charge in [-0.25, -0.2) is 34.9 Å². The molecule has 0 bridgehead atoms. The third-order valence-electron chi connectivity index (χ3n) is 23.9. The first-order chi connectivity index (χ1) is 65.9. The highest BCUT2D eigenvalue weighted by Gasteiger charge is 2.26. The van der Waals surface area contributed by atoms with Crippen molar-refractivity contribution in [2.24, 2.45) is 0 Å². The van der Waals surface area contributed by atoms with Crippen LogP contribution in [0.4, 0.5) is 17.2 Å². The Morgan fingerprint density at radius 1 is 0.187 bits per heavy atom. The molecule has 25 rings (SSSR count). The van der Waals surface area contributed by atoms with Crippen LogP contribution in [0.2, 0.25) is 0 Å². The average Bonchev–Trinajstić information content (AvgIpc) is 0.771. The number of benzene rings is 18. The Morgan fingerprint density at radius 2 is 0.485 bits per heavy atom. The van der Waals surface area contributed by atoms with Crippen molar-refractivity contribution in [1.82, 2.24) is 59.8 Å². The molecule has 0 fully saturated rings. The maximum Gasteiger partial charge on any atom is 0.307 e. The van der Waals surface area contributed by atoms with Gasteiger partial charge in [0.1, 0.15) is 93.2 Å². The number of rotatable bonds is 0. The van der Waals surface area contributed by atoms with E-state index in [2.05, 4.69) is 135 Å². The van der Waals surface area contributed by atoms with Crippen LogP contribution in [-0.4, -0.2) is 59.8 Å². The van der Waals surface area contributed by atoms with Gasteiger partial charge in [0.2, 0.25) is 0 Å². The van der Waals surface area contributed by atoms with Crippen LogP contribution in [0.3, 0.4) is 0 Å². The van der Waals surface area contributed by atoms with Gasteiger partial charge >= 0.3 is 5.82 Å². The third kappa shape index (κ3) is 12.8. The van der Waals surface area contributed by atoms with Crippen LogP contribution < -0.4 is 0 Å². The van der Waals surface area contributed by atoms with E-state index in [4.69, 9.17) is 19.7 Å². The summed E-state index contributed by atoms with van der Waals surface area (Å²) in [7, 11) is 0. The van der Waals surface area contributed by atoms with Crippen LogP contribution in [0.1, 0.15) is 51.0 Å². The Hall–Kier alpha value is -21.3. The van der Waals surface area contributed by atoms with Gasteiger partial charge in [-0.05, 0) is 133 Å². The van der Waals surface area contributed by atoms with Crippen LogP contribution in [0.5, 0.6) is 0 Å². The lowest BCUT2D eigenvalue weighted by molar-refractivity contribution is 1.20. The van der Waals surface area contributed by atoms with Gasteiger partial charge in [-0.1, -0.05) is 231 Å². The standard InChI is InChI=1S/C24H8N6.C24H12N2.2C21H9N5.C20H8N6/c1-26-18-10-16-15-9-8-13-6-4-5-7-14(13)21(15)23-22(17(16)11-19(18)27-2)30-24(28-3)20(12-25)29-23;25-13-16-11-22-20-8-4-3-7-19(20)21-10-9-15-5-1-2-6-18(15)24(21)23(22)12-17(16)14-26;22-10-16-17(11-23)26-21-18-13-5-2-1-4-12(13)7-8-14(18)19-15(20(21)25-16)6-3-9-24-19;22-10-16-17(11-23)26-21-19-15(6-3-9-24-19)14-8-7-12-4-1-2-5-13(12)18(14)20(21)25-16;21-9-14-15(10-22)26-20-18(25-14)16-12-4-2-1-3-11(12)5-6-13(16)17-19(20)24-8-7-23-17/h4-11H;1-12H;2*1-9H;1-8H. The number of nitriles is 9. The summed E-state index contributed by atoms with van der Waals surface area (Å²) in [6, 6.07) is 102. The molecule has 0 saturated heterocycles. The zero-order valence-corrected chi connectivity index (χ0v) is 69.3. The molecule has 0 spiro atoms. The molecule has 24 nitrogen and oxygen atoms in total.